The molecule has 148 valence electrons. The number of amides is 1. The summed E-state index contributed by atoms with van der Waals surface area (Å²) in [6.07, 6.45) is 1.01. The van der Waals surface area contributed by atoms with E-state index >= 15 is 0 Å². The Morgan fingerprint density at radius 1 is 0.929 bits per heavy atom. The molecule has 2 aromatic carbocycles. The number of carbonyl (C=O) groups is 1. The number of carbonyl (C=O) groups excluding carboxylic acids is 1. The second-order valence-electron chi connectivity index (χ2n) is 7.41. The maximum atomic E-state index is 13.1. The molecule has 28 heavy (non-hydrogen) atoms. The van der Waals surface area contributed by atoms with E-state index in [2.05, 4.69) is 17.0 Å². The molecule has 1 saturated heterocycles. The highest BCUT2D eigenvalue weighted by Gasteiger charge is 2.30. The van der Waals surface area contributed by atoms with Crippen LogP contribution in [0.1, 0.15) is 17.5 Å². The van der Waals surface area contributed by atoms with Gasteiger partial charge in [0.2, 0.25) is 15.9 Å². The molecule has 2 heterocycles. The van der Waals surface area contributed by atoms with Crippen molar-refractivity contribution in [2.75, 3.05) is 38.1 Å². The maximum Gasteiger partial charge on any atom is 0.243 e. The quantitative estimate of drug-likeness (QED) is 0.790. The summed E-state index contributed by atoms with van der Waals surface area (Å²) in [5.41, 5.74) is 2.97. The standard InChI is InChI=1S/C21H25N3O3S/c1-22-20-9-8-19(15-18(20)7-10-21(22)25)28(26,27)24-13-11-23(12-14-24)16-17-5-3-2-4-6-17/h2-6,8-9,15H,7,10-14,16H2,1H3. The Kier molecular flexibility index (Phi) is 5.23. The van der Waals surface area contributed by atoms with Crippen molar-refractivity contribution >= 4 is 21.6 Å². The maximum absolute atomic E-state index is 13.1. The Morgan fingerprint density at radius 3 is 2.36 bits per heavy atom. The van der Waals surface area contributed by atoms with Gasteiger partial charge in [-0.15, -0.1) is 0 Å². The molecular formula is C21H25N3O3S. The van der Waals surface area contributed by atoms with Gasteiger partial charge in [0, 0.05) is 51.9 Å². The zero-order valence-electron chi connectivity index (χ0n) is 16.0. The first-order valence-corrected chi connectivity index (χ1v) is 11.0. The van der Waals surface area contributed by atoms with Gasteiger partial charge in [0.1, 0.15) is 0 Å². The lowest BCUT2D eigenvalue weighted by Crippen LogP contribution is -2.48. The van der Waals surface area contributed by atoms with Crippen LogP contribution < -0.4 is 4.90 Å². The summed E-state index contributed by atoms with van der Waals surface area (Å²) >= 11 is 0. The summed E-state index contributed by atoms with van der Waals surface area (Å²) in [5, 5.41) is 0. The minimum absolute atomic E-state index is 0.0673. The van der Waals surface area contributed by atoms with E-state index in [9.17, 15) is 13.2 Å². The molecule has 2 aromatic rings. The van der Waals surface area contributed by atoms with Gasteiger partial charge in [0.15, 0.2) is 0 Å². The molecule has 2 aliphatic heterocycles. The molecule has 0 aromatic heterocycles. The van der Waals surface area contributed by atoms with E-state index < -0.39 is 10.0 Å². The van der Waals surface area contributed by atoms with Crippen LogP contribution in [0.3, 0.4) is 0 Å². The summed E-state index contributed by atoms with van der Waals surface area (Å²) in [6.45, 7) is 3.26. The van der Waals surface area contributed by atoms with Crippen molar-refractivity contribution in [1.82, 2.24) is 9.21 Å². The number of nitrogens with zero attached hydrogens (tertiary/aromatic N) is 3. The molecule has 0 saturated carbocycles. The second-order valence-corrected chi connectivity index (χ2v) is 9.35. The van der Waals surface area contributed by atoms with E-state index in [1.807, 2.05) is 18.2 Å². The molecular weight excluding hydrogens is 374 g/mol. The third-order valence-electron chi connectivity index (χ3n) is 5.61. The Labute approximate surface area is 166 Å². The highest BCUT2D eigenvalue weighted by atomic mass is 32.2. The first-order valence-electron chi connectivity index (χ1n) is 9.61. The lowest BCUT2D eigenvalue weighted by atomic mass is 10.0. The van der Waals surface area contributed by atoms with Crippen molar-refractivity contribution < 1.29 is 13.2 Å². The summed E-state index contributed by atoms with van der Waals surface area (Å²) in [6, 6.07) is 15.4. The SMILES string of the molecule is CN1C(=O)CCc2cc(S(=O)(=O)N3CCN(Cc4ccccc4)CC3)ccc21. The van der Waals surface area contributed by atoms with E-state index in [-0.39, 0.29) is 5.91 Å². The first kappa shape index (κ1) is 19.1. The zero-order chi connectivity index (χ0) is 19.7. The van der Waals surface area contributed by atoms with Gasteiger partial charge in [-0.2, -0.15) is 4.31 Å². The predicted octanol–water partition coefficient (Wildman–Crippen LogP) is 2.10. The number of hydrogen-bond donors (Lipinski definition) is 0. The van der Waals surface area contributed by atoms with Crippen molar-refractivity contribution in [2.24, 2.45) is 0 Å². The summed E-state index contributed by atoms with van der Waals surface area (Å²) < 4.78 is 27.8. The second kappa shape index (κ2) is 7.66. The van der Waals surface area contributed by atoms with Gasteiger partial charge in [-0.1, -0.05) is 30.3 Å². The molecule has 0 atom stereocenters. The van der Waals surface area contributed by atoms with Crippen LogP contribution in [-0.4, -0.2) is 56.8 Å². The van der Waals surface area contributed by atoms with Crippen LogP contribution in [-0.2, 0) is 27.8 Å². The van der Waals surface area contributed by atoms with Crippen LogP contribution in [0.5, 0.6) is 0 Å². The molecule has 0 unspecified atom stereocenters. The Bertz CT molecular complexity index is 968. The van der Waals surface area contributed by atoms with E-state index in [0.29, 0.717) is 30.8 Å². The highest BCUT2D eigenvalue weighted by molar-refractivity contribution is 7.89. The van der Waals surface area contributed by atoms with Gasteiger partial charge in [0.25, 0.3) is 0 Å². The minimum atomic E-state index is -3.52. The first-order chi connectivity index (χ1) is 13.4. The number of rotatable bonds is 4. The molecule has 4 rings (SSSR count). The van der Waals surface area contributed by atoms with Gasteiger partial charge in [-0.25, -0.2) is 8.42 Å². The zero-order valence-corrected chi connectivity index (χ0v) is 16.9. The van der Waals surface area contributed by atoms with Gasteiger partial charge in [-0.05, 0) is 35.7 Å². The average Bonchev–Trinajstić information content (AvgIpc) is 2.72. The van der Waals surface area contributed by atoms with Gasteiger partial charge in [-0.3, -0.25) is 9.69 Å². The fraction of sp³-hybridized carbons (Fsp3) is 0.381. The monoisotopic (exact) mass is 399 g/mol. The van der Waals surface area contributed by atoms with Crippen molar-refractivity contribution in [3.63, 3.8) is 0 Å². The summed E-state index contributed by atoms with van der Waals surface area (Å²) in [4.78, 5) is 16.1. The molecule has 0 bridgehead atoms. The third-order valence-corrected chi connectivity index (χ3v) is 7.51. The summed E-state index contributed by atoms with van der Waals surface area (Å²) in [5.74, 6) is 0.0673. The molecule has 6 nitrogen and oxygen atoms in total. The van der Waals surface area contributed by atoms with Crippen LogP contribution in [0.15, 0.2) is 53.4 Å². The van der Waals surface area contributed by atoms with E-state index in [1.165, 1.54) is 5.56 Å². The predicted molar refractivity (Wildman–Crippen MR) is 109 cm³/mol. The number of anilines is 1. The van der Waals surface area contributed by atoms with E-state index in [0.717, 1.165) is 30.9 Å². The van der Waals surface area contributed by atoms with Crippen LogP contribution in [0.25, 0.3) is 0 Å². The molecule has 7 heteroatoms. The molecule has 0 aliphatic carbocycles. The molecule has 1 fully saturated rings. The number of sulfonamides is 1. The third kappa shape index (κ3) is 3.70. The minimum Gasteiger partial charge on any atom is -0.315 e. The molecule has 0 spiro atoms. The van der Waals surface area contributed by atoms with Crippen molar-refractivity contribution in [3.8, 4) is 0 Å². The molecule has 2 aliphatic rings. The fourth-order valence-electron chi connectivity index (χ4n) is 3.91. The smallest absolute Gasteiger partial charge is 0.243 e. The lowest BCUT2D eigenvalue weighted by Gasteiger charge is -2.34. The van der Waals surface area contributed by atoms with Gasteiger partial charge in [0.05, 0.1) is 4.90 Å². The van der Waals surface area contributed by atoms with E-state index in [1.54, 1.807) is 34.5 Å². The number of fused-ring (bicyclic) bond motifs is 1. The number of benzene rings is 2. The Morgan fingerprint density at radius 2 is 1.64 bits per heavy atom. The number of hydrogen-bond acceptors (Lipinski definition) is 4. The van der Waals surface area contributed by atoms with Crippen LogP contribution in [0.2, 0.25) is 0 Å². The largest absolute Gasteiger partial charge is 0.315 e. The van der Waals surface area contributed by atoms with Crippen LogP contribution >= 0.6 is 0 Å². The Hall–Kier alpha value is -2.22. The molecule has 0 N–H and O–H groups in total. The van der Waals surface area contributed by atoms with Crippen LogP contribution in [0.4, 0.5) is 5.69 Å². The summed E-state index contributed by atoms with van der Waals surface area (Å²) in [7, 11) is -1.78. The van der Waals surface area contributed by atoms with Gasteiger partial charge < -0.3 is 4.90 Å². The highest BCUT2D eigenvalue weighted by Crippen LogP contribution is 2.30. The normalized spacial score (nSPS) is 18.9. The van der Waals surface area contributed by atoms with Crippen molar-refractivity contribution in [2.45, 2.75) is 24.3 Å². The topological polar surface area (TPSA) is 60.9 Å². The Balaban J connectivity index is 1.45. The number of aryl methyl sites for hydroxylation is 1. The molecule has 0 radical (unpaired) electrons. The number of piperazine rings is 1. The fourth-order valence-corrected chi connectivity index (χ4v) is 5.39. The molecule has 1 amide bonds. The van der Waals surface area contributed by atoms with Crippen molar-refractivity contribution in [1.29, 1.82) is 0 Å². The van der Waals surface area contributed by atoms with Crippen molar-refractivity contribution in [3.05, 3.63) is 59.7 Å². The average molecular weight is 400 g/mol. The van der Waals surface area contributed by atoms with Crippen LogP contribution in [0, 0.1) is 0 Å². The van der Waals surface area contributed by atoms with Gasteiger partial charge >= 0.3 is 0 Å². The van der Waals surface area contributed by atoms with E-state index in [4.69, 9.17) is 0 Å². The lowest BCUT2D eigenvalue weighted by molar-refractivity contribution is -0.118.